The number of aldehydes is 1. The summed E-state index contributed by atoms with van der Waals surface area (Å²) in [4.78, 5) is 20.1. The molecule has 0 aromatic heterocycles. The molecule has 0 fully saturated rings. The average Bonchev–Trinajstić information content (AvgIpc) is 2.00. The Morgan fingerprint density at radius 2 is 1.82 bits per heavy atom. The van der Waals surface area contributed by atoms with Crippen LogP contribution in [-0.2, 0) is 9.59 Å². The van der Waals surface area contributed by atoms with Gasteiger partial charge in [0, 0.05) is 0 Å². The minimum Gasteiger partial charge on any atom is -0.391 e. The van der Waals surface area contributed by atoms with Crippen molar-refractivity contribution in [2.75, 3.05) is 0 Å². The van der Waals surface area contributed by atoms with Gasteiger partial charge in [-0.3, -0.25) is 9.59 Å². The van der Waals surface area contributed by atoms with Gasteiger partial charge in [0.25, 0.3) is 0 Å². The summed E-state index contributed by atoms with van der Waals surface area (Å²) in [5.74, 6) is -1.14. The van der Waals surface area contributed by atoms with Crippen LogP contribution in [0.25, 0.3) is 0 Å². The van der Waals surface area contributed by atoms with Crippen molar-refractivity contribution in [2.45, 2.75) is 25.2 Å². The summed E-state index contributed by atoms with van der Waals surface area (Å²) in [5.41, 5.74) is 0. The Morgan fingerprint density at radius 3 is 2.09 bits per heavy atom. The van der Waals surface area contributed by atoms with Crippen molar-refractivity contribution in [3.05, 3.63) is 0 Å². The van der Waals surface area contributed by atoms with Crippen LogP contribution in [0.15, 0.2) is 0 Å². The molecule has 0 bridgehead atoms. The van der Waals surface area contributed by atoms with E-state index in [2.05, 4.69) is 0 Å². The van der Waals surface area contributed by atoms with Gasteiger partial charge in [-0.1, -0.05) is 0 Å². The van der Waals surface area contributed by atoms with Crippen molar-refractivity contribution in [3.8, 4) is 0 Å². The normalized spacial score (nSPS) is 18.5. The number of ketones is 1. The highest BCUT2D eigenvalue weighted by Gasteiger charge is 2.26. The van der Waals surface area contributed by atoms with Gasteiger partial charge >= 0.3 is 0 Å². The van der Waals surface area contributed by atoms with Gasteiger partial charge in [0.05, 0.1) is 6.10 Å². The highest BCUT2D eigenvalue weighted by molar-refractivity contribution is 6.27. The number of hydrogen-bond donors (Lipinski definition) is 3. The highest BCUT2D eigenvalue weighted by Crippen LogP contribution is 1.99. The molecule has 3 N–H and O–H groups in total. The maximum atomic E-state index is 10.4. The largest absolute Gasteiger partial charge is 0.391 e. The monoisotopic (exact) mass is 162 g/mol. The summed E-state index contributed by atoms with van der Waals surface area (Å²) in [6.45, 7) is 1.20. The molecule has 0 saturated carbocycles. The maximum absolute atomic E-state index is 10.4. The van der Waals surface area contributed by atoms with E-state index in [1.54, 1.807) is 0 Å². The second-order valence-electron chi connectivity index (χ2n) is 2.20. The molecule has 0 aliphatic carbocycles. The molecule has 0 rings (SSSR count). The van der Waals surface area contributed by atoms with Crippen LogP contribution in [0.3, 0.4) is 0 Å². The highest BCUT2D eigenvalue weighted by atomic mass is 16.4. The van der Waals surface area contributed by atoms with Crippen LogP contribution < -0.4 is 0 Å². The van der Waals surface area contributed by atoms with E-state index in [4.69, 9.17) is 15.3 Å². The number of aliphatic hydroxyl groups is 3. The van der Waals surface area contributed by atoms with Crippen molar-refractivity contribution in [2.24, 2.45) is 0 Å². The zero-order valence-corrected chi connectivity index (χ0v) is 5.97. The summed E-state index contributed by atoms with van der Waals surface area (Å²) in [6.07, 6.45) is -4.77. The van der Waals surface area contributed by atoms with E-state index in [1.807, 2.05) is 0 Å². The minimum atomic E-state index is -1.83. The molecule has 0 aliphatic rings. The summed E-state index contributed by atoms with van der Waals surface area (Å²) < 4.78 is 0. The Balaban J connectivity index is 4.11. The summed E-state index contributed by atoms with van der Waals surface area (Å²) >= 11 is 0. The predicted octanol–water partition coefficient (Wildman–Crippen LogP) is -2.14. The Bertz CT molecular complexity index is 153. The quantitative estimate of drug-likeness (QED) is 0.324. The fourth-order valence-electron chi connectivity index (χ4n) is 0.502. The van der Waals surface area contributed by atoms with Gasteiger partial charge in [-0.05, 0) is 6.92 Å². The molecule has 0 radical (unpaired) electrons. The van der Waals surface area contributed by atoms with Gasteiger partial charge in [-0.2, -0.15) is 0 Å². The molecular formula is C6H10O5. The zero-order valence-electron chi connectivity index (χ0n) is 5.97. The third kappa shape index (κ3) is 2.75. The minimum absolute atomic E-state index is 0.101. The fraction of sp³-hybridized carbons (Fsp3) is 0.667. The van der Waals surface area contributed by atoms with Gasteiger partial charge in [0.2, 0.25) is 5.78 Å². The topological polar surface area (TPSA) is 94.8 Å². The number of rotatable bonds is 4. The van der Waals surface area contributed by atoms with Gasteiger partial charge < -0.3 is 15.3 Å². The van der Waals surface area contributed by atoms with Gasteiger partial charge in [-0.15, -0.1) is 0 Å². The average molecular weight is 162 g/mol. The summed E-state index contributed by atoms with van der Waals surface area (Å²) in [6, 6.07) is 0. The van der Waals surface area contributed by atoms with Crippen LogP contribution in [-0.4, -0.2) is 45.7 Å². The Labute approximate surface area is 63.3 Å². The van der Waals surface area contributed by atoms with Crippen molar-refractivity contribution in [3.63, 3.8) is 0 Å². The van der Waals surface area contributed by atoms with E-state index < -0.39 is 24.1 Å². The molecule has 0 heterocycles. The van der Waals surface area contributed by atoms with E-state index in [0.29, 0.717) is 0 Å². The van der Waals surface area contributed by atoms with E-state index in [9.17, 15) is 9.59 Å². The van der Waals surface area contributed by atoms with Crippen molar-refractivity contribution in [1.82, 2.24) is 0 Å². The Morgan fingerprint density at radius 1 is 1.36 bits per heavy atom. The first-order valence-corrected chi connectivity index (χ1v) is 3.04. The maximum Gasteiger partial charge on any atom is 0.226 e. The lowest BCUT2D eigenvalue weighted by Gasteiger charge is -2.16. The number of Topliss-reactive ketones (excluding diaryl/α,β-unsaturated/α-hetero) is 1. The van der Waals surface area contributed by atoms with Crippen LogP contribution in [0, 0.1) is 0 Å². The zero-order chi connectivity index (χ0) is 9.02. The Hall–Kier alpha value is -0.780. The molecule has 0 spiro atoms. The van der Waals surface area contributed by atoms with Crippen molar-refractivity contribution < 1.29 is 24.9 Å². The molecule has 0 aromatic rings. The smallest absolute Gasteiger partial charge is 0.226 e. The molecule has 11 heavy (non-hydrogen) atoms. The lowest BCUT2D eigenvalue weighted by molar-refractivity contribution is -0.143. The van der Waals surface area contributed by atoms with Crippen molar-refractivity contribution >= 4 is 12.1 Å². The molecular weight excluding hydrogens is 152 g/mol. The van der Waals surface area contributed by atoms with E-state index >= 15 is 0 Å². The SMILES string of the molecule is C[C@H](O)[C@H](O)[C@@H](O)C(=O)C=O. The van der Waals surface area contributed by atoms with Gasteiger partial charge in [0.15, 0.2) is 6.29 Å². The fourth-order valence-corrected chi connectivity index (χ4v) is 0.502. The van der Waals surface area contributed by atoms with Crippen LogP contribution in [0.4, 0.5) is 0 Å². The van der Waals surface area contributed by atoms with Crippen LogP contribution in [0.1, 0.15) is 6.92 Å². The molecule has 0 saturated heterocycles. The molecule has 0 amide bonds. The third-order valence-corrected chi connectivity index (χ3v) is 1.23. The number of aliphatic hydroxyl groups excluding tert-OH is 3. The summed E-state index contributed by atoms with van der Waals surface area (Å²) in [7, 11) is 0. The molecule has 3 atom stereocenters. The number of carbonyl (C=O) groups is 2. The van der Waals surface area contributed by atoms with Crippen molar-refractivity contribution in [1.29, 1.82) is 0 Å². The lowest BCUT2D eigenvalue weighted by Crippen LogP contribution is -2.41. The summed E-state index contributed by atoms with van der Waals surface area (Å²) in [5, 5.41) is 26.2. The van der Waals surface area contributed by atoms with Crippen LogP contribution in [0.5, 0.6) is 0 Å². The van der Waals surface area contributed by atoms with E-state index in [0.717, 1.165) is 0 Å². The standard InChI is InChI=1S/C6H10O5/c1-3(8)5(10)6(11)4(9)2-7/h2-3,5-6,8,10-11H,1H3/t3-,5-,6-/m0/s1. The molecule has 64 valence electrons. The lowest BCUT2D eigenvalue weighted by atomic mass is 10.1. The first-order valence-electron chi connectivity index (χ1n) is 3.04. The first-order chi connectivity index (χ1) is 5.00. The van der Waals surface area contributed by atoms with Gasteiger partial charge in [0.1, 0.15) is 12.2 Å². The second-order valence-corrected chi connectivity index (χ2v) is 2.20. The first kappa shape index (κ1) is 10.2. The molecule has 0 aromatic carbocycles. The van der Waals surface area contributed by atoms with Gasteiger partial charge in [-0.25, -0.2) is 0 Å². The second kappa shape index (κ2) is 4.17. The molecule has 5 heteroatoms. The molecule has 0 unspecified atom stereocenters. The number of hydrogen-bond acceptors (Lipinski definition) is 5. The molecule has 5 nitrogen and oxygen atoms in total. The Kier molecular flexibility index (Phi) is 3.88. The van der Waals surface area contributed by atoms with E-state index in [1.165, 1.54) is 6.92 Å². The van der Waals surface area contributed by atoms with E-state index in [-0.39, 0.29) is 6.29 Å². The number of carbonyl (C=O) groups excluding carboxylic acids is 2. The molecule has 0 aliphatic heterocycles. The van der Waals surface area contributed by atoms with Crippen LogP contribution in [0.2, 0.25) is 0 Å². The van der Waals surface area contributed by atoms with Crippen LogP contribution >= 0.6 is 0 Å². The predicted molar refractivity (Wildman–Crippen MR) is 34.8 cm³/mol. The third-order valence-electron chi connectivity index (χ3n) is 1.23.